The van der Waals surface area contributed by atoms with E-state index in [2.05, 4.69) is 29.3 Å². The highest BCUT2D eigenvalue weighted by atomic mass is 16.2. The maximum absolute atomic E-state index is 12.9. The SMILES string of the molecule is CN(C)[C@@H]1CCN(C(=O)c2ccc(-c3cnc4ccc(NCC5CC5)nn34)cc2)C1. The van der Waals surface area contributed by atoms with E-state index in [-0.39, 0.29) is 5.91 Å². The van der Waals surface area contributed by atoms with Crippen LogP contribution in [0.3, 0.4) is 0 Å². The molecule has 0 radical (unpaired) electrons. The smallest absolute Gasteiger partial charge is 0.253 e. The van der Waals surface area contributed by atoms with Gasteiger partial charge in [-0.25, -0.2) is 9.50 Å². The van der Waals surface area contributed by atoms with Crippen molar-refractivity contribution in [1.29, 1.82) is 0 Å². The van der Waals surface area contributed by atoms with E-state index in [4.69, 9.17) is 5.10 Å². The highest BCUT2D eigenvalue weighted by molar-refractivity contribution is 5.95. The molecule has 2 aliphatic rings. The van der Waals surface area contributed by atoms with Crippen LogP contribution in [0.1, 0.15) is 29.6 Å². The first-order chi connectivity index (χ1) is 14.6. The molecule has 0 bridgehead atoms. The molecule has 30 heavy (non-hydrogen) atoms. The molecular weight excluding hydrogens is 376 g/mol. The third-order valence-corrected chi connectivity index (χ3v) is 6.24. The van der Waals surface area contributed by atoms with Gasteiger partial charge in [0.05, 0.1) is 11.9 Å². The molecule has 7 heteroatoms. The summed E-state index contributed by atoms with van der Waals surface area (Å²) in [5, 5.41) is 8.14. The topological polar surface area (TPSA) is 65.8 Å². The van der Waals surface area contributed by atoms with Crippen molar-refractivity contribution in [2.24, 2.45) is 5.92 Å². The van der Waals surface area contributed by atoms with Crippen molar-refractivity contribution in [3.8, 4) is 11.3 Å². The van der Waals surface area contributed by atoms with E-state index in [0.29, 0.717) is 6.04 Å². The van der Waals surface area contributed by atoms with Gasteiger partial charge in [0, 0.05) is 36.8 Å². The van der Waals surface area contributed by atoms with Crippen LogP contribution in [0.5, 0.6) is 0 Å². The Labute approximate surface area is 176 Å². The summed E-state index contributed by atoms with van der Waals surface area (Å²) in [4.78, 5) is 21.5. The maximum Gasteiger partial charge on any atom is 0.253 e. The van der Waals surface area contributed by atoms with Gasteiger partial charge in [-0.15, -0.1) is 5.10 Å². The van der Waals surface area contributed by atoms with E-state index >= 15 is 0 Å². The second kappa shape index (κ2) is 7.72. The van der Waals surface area contributed by atoms with Crippen LogP contribution < -0.4 is 5.32 Å². The number of nitrogens with one attached hydrogen (secondary N) is 1. The molecule has 1 atom stereocenters. The highest BCUT2D eigenvalue weighted by Gasteiger charge is 2.28. The second-order valence-electron chi connectivity index (χ2n) is 8.69. The van der Waals surface area contributed by atoms with Gasteiger partial charge in [-0.1, -0.05) is 12.1 Å². The predicted octanol–water partition coefficient (Wildman–Crippen LogP) is 2.99. The number of benzene rings is 1. The number of hydrogen-bond acceptors (Lipinski definition) is 5. The molecule has 1 aliphatic heterocycles. The van der Waals surface area contributed by atoms with Gasteiger partial charge in [0.2, 0.25) is 0 Å². The van der Waals surface area contributed by atoms with Gasteiger partial charge in [-0.3, -0.25) is 4.79 Å². The van der Waals surface area contributed by atoms with Gasteiger partial charge >= 0.3 is 0 Å². The Kier molecular flexibility index (Phi) is 4.90. The Morgan fingerprint density at radius 1 is 1.13 bits per heavy atom. The molecule has 3 aromatic rings. The minimum Gasteiger partial charge on any atom is -0.368 e. The molecule has 1 aromatic carbocycles. The third-order valence-electron chi connectivity index (χ3n) is 6.24. The summed E-state index contributed by atoms with van der Waals surface area (Å²) in [6, 6.07) is 12.2. The van der Waals surface area contributed by atoms with E-state index in [9.17, 15) is 4.79 Å². The lowest BCUT2D eigenvalue weighted by Gasteiger charge is -2.20. The number of nitrogens with zero attached hydrogens (tertiary/aromatic N) is 5. The van der Waals surface area contributed by atoms with Crippen molar-refractivity contribution in [3.05, 3.63) is 48.2 Å². The molecule has 156 valence electrons. The number of carbonyl (C=O) groups excluding carboxylic acids is 1. The highest BCUT2D eigenvalue weighted by Crippen LogP contribution is 2.29. The molecule has 1 saturated heterocycles. The number of likely N-dealkylation sites (N-methyl/N-ethyl adjacent to an activating group) is 1. The Hall–Kier alpha value is -2.93. The van der Waals surface area contributed by atoms with Crippen LogP contribution in [-0.4, -0.2) is 70.1 Å². The Balaban J connectivity index is 1.34. The number of fused-ring (bicyclic) bond motifs is 1. The van der Waals surface area contributed by atoms with Gasteiger partial charge in [-0.2, -0.15) is 0 Å². The van der Waals surface area contributed by atoms with E-state index in [1.54, 1.807) is 0 Å². The number of likely N-dealkylation sites (tertiary alicyclic amines) is 1. The van der Waals surface area contributed by atoms with Crippen molar-refractivity contribution >= 4 is 17.4 Å². The minimum atomic E-state index is 0.105. The normalized spacial score (nSPS) is 19.0. The minimum absolute atomic E-state index is 0.105. The van der Waals surface area contributed by atoms with Crippen molar-refractivity contribution in [2.45, 2.75) is 25.3 Å². The fraction of sp³-hybridized carbons (Fsp3) is 0.435. The fourth-order valence-corrected chi connectivity index (χ4v) is 4.05. The molecule has 2 fully saturated rings. The molecule has 0 unspecified atom stereocenters. The van der Waals surface area contributed by atoms with Crippen LogP contribution in [0.2, 0.25) is 0 Å². The molecule has 1 saturated carbocycles. The summed E-state index contributed by atoms with van der Waals surface area (Å²) < 4.78 is 1.87. The number of rotatable bonds is 6. The summed E-state index contributed by atoms with van der Waals surface area (Å²) in [5.74, 6) is 1.76. The van der Waals surface area contributed by atoms with Crippen LogP contribution in [0.4, 0.5) is 5.82 Å². The molecule has 3 heterocycles. The first-order valence-corrected chi connectivity index (χ1v) is 10.7. The largest absolute Gasteiger partial charge is 0.368 e. The summed E-state index contributed by atoms with van der Waals surface area (Å²) in [7, 11) is 4.15. The Morgan fingerprint density at radius 2 is 1.93 bits per heavy atom. The zero-order valence-corrected chi connectivity index (χ0v) is 17.6. The Morgan fingerprint density at radius 3 is 2.63 bits per heavy atom. The van der Waals surface area contributed by atoms with Crippen molar-refractivity contribution < 1.29 is 4.79 Å². The second-order valence-corrected chi connectivity index (χ2v) is 8.69. The summed E-state index contributed by atoms with van der Waals surface area (Å²) in [6.07, 6.45) is 5.49. The zero-order chi connectivity index (χ0) is 20.7. The number of carbonyl (C=O) groups is 1. The van der Waals surface area contributed by atoms with E-state index in [0.717, 1.165) is 60.3 Å². The average molecular weight is 405 g/mol. The molecule has 1 aliphatic carbocycles. The van der Waals surface area contributed by atoms with Crippen LogP contribution in [0, 0.1) is 5.92 Å². The van der Waals surface area contributed by atoms with Crippen molar-refractivity contribution in [3.63, 3.8) is 0 Å². The molecule has 1 N–H and O–H groups in total. The van der Waals surface area contributed by atoms with E-state index < -0.39 is 0 Å². The van der Waals surface area contributed by atoms with Crippen molar-refractivity contribution in [2.75, 3.05) is 39.0 Å². The summed E-state index contributed by atoms with van der Waals surface area (Å²) in [5.41, 5.74) is 3.46. The number of aromatic nitrogens is 3. The third kappa shape index (κ3) is 3.77. The van der Waals surface area contributed by atoms with Crippen LogP contribution in [-0.2, 0) is 0 Å². The predicted molar refractivity (Wildman–Crippen MR) is 118 cm³/mol. The molecule has 0 spiro atoms. The standard InChI is InChI=1S/C23H28N6O/c1-27(2)19-11-12-28(15-19)23(30)18-7-5-17(6-8-18)20-14-25-22-10-9-21(26-29(20)22)24-13-16-3-4-16/h5-10,14,16,19H,3-4,11-13,15H2,1-2H3,(H,24,26)/t19-/m1/s1. The number of hydrogen-bond donors (Lipinski definition) is 1. The average Bonchev–Trinajstić information content (AvgIpc) is 3.29. The molecule has 2 aromatic heterocycles. The zero-order valence-electron chi connectivity index (χ0n) is 17.6. The molecule has 7 nitrogen and oxygen atoms in total. The van der Waals surface area contributed by atoms with Crippen LogP contribution >= 0.6 is 0 Å². The van der Waals surface area contributed by atoms with Gasteiger partial charge in [0.25, 0.3) is 5.91 Å². The first kappa shape index (κ1) is 19.1. The quantitative estimate of drug-likeness (QED) is 0.684. The molecular formula is C23H28N6O. The van der Waals surface area contributed by atoms with Gasteiger partial charge < -0.3 is 15.1 Å². The molecule has 1 amide bonds. The Bertz CT molecular complexity index is 1050. The lowest BCUT2D eigenvalue weighted by atomic mass is 10.1. The number of anilines is 1. The lowest BCUT2D eigenvalue weighted by molar-refractivity contribution is 0.0783. The van der Waals surface area contributed by atoms with Crippen molar-refractivity contribution in [1.82, 2.24) is 24.4 Å². The number of amides is 1. The lowest BCUT2D eigenvalue weighted by Crippen LogP contribution is -2.34. The van der Waals surface area contributed by atoms with Gasteiger partial charge in [0.1, 0.15) is 5.82 Å². The maximum atomic E-state index is 12.9. The monoisotopic (exact) mass is 404 g/mol. The summed E-state index contributed by atoms with van der Waals surface area (Å²) >= 11 is 0. The van der Waals surface area contributed by atoms with E-state index in [1.165, 1.54) is 12.8 Å². The molecule has 5 rings (SSSR count). The fourth-order valence-electron chi connectivity index (χ4n) is 4.05. The number of imidazole rings is 1. The van der Waals surface area contributed by atoms with Crippen LogP contribution in [0.15, 0.2) is 42.6 Å². The summed E-state index contributed by atoms with van der Waals surface area (Å²) in [6.45, 7) is 2.59. The van der Waals surface area contributed by atoms with Gasteiger partial charge in [-0.05, 0) is 63.5 Å². The van der Waals surface area contributed by atoms with Gasteiger partial charge in [0.15, 0.2) is 5.65 Å². The van der Waals surface area contributed by atoms with E-state index in [1.807, 2.05) is 52.0 Å². The first-order valence-electron chi connectivity index (χ1n) is 10.7. The van der Waals surface area contributed by atoms with Crippen LogP contribution in [0.25, 0.3) is 16.9 Å².